The van der Waals surface area contributed by atoms with Gasteiger partial charge in [0.25, 0.3) is 0 Å². The van der Waals surface area contributed by atoms with Gasteiger partial charge in [-0.15, -0.1) is 0 Å². The van der Waals surface area contributed by atoms with Gasteiger partial charge in [-0.25, -0.2) is 0 Å². The zero-order chi connectivity index (χ0) is 17.0. The summed E-state index contributed by atoms with van der Waals surface area (Å²) in [5.74, 6) is 0.535. The summed E-state index contributed by atoms with van der Waals surface area (Å²) in [6.45, 7) is 0. The van der Waals surface area contributed by atoms with Crippen LogP contribution in [0.15, 0.2) is 48.5 Å². The van der Waals surface area contributed by atoms with Gasteiger partial charge in [-0.3, -0.25) is 4.79 Å². The molecule has 1 atom stereocenters. The van der Waals surface area contributed by atoms with Crippen molar-refractivity contribution in [2.75, 3.05) is 40.2 Å². The number of hydrogen-bond donors (Lipinski definition) is 0. The predicted molar refractivity (Wildman–Crippen MR) is 94.3 cm³/mol. The summed E-state index contributed by atoms with van der Waals surface area (Å²) in [4.78, 5) is 16.4. The number of ether oxygens (including phenoxy) is 1. The third-order valence-electron chi connectivity index (χ3n) is 3.88. The molecule has 1 unspecified atom stereocenters. The molecule has 0 spiro atoms. The maximum atomic E-state index is 12.7. The van der Waals surface area contributed by atoms with Crippen LogP contribution in [0.4, 0.5) is 5.69 Å². The largest absolute Gasteiger partial charge is 0.497 e. The van der Waals surface area contributed by atoms with E-state index in [0.29, 0.717) is 0 Å². The summed E-state index contributed by atoms with van der Waals surface area (Å²) in [6, 6.07) is 15.8. The minimum atomic E-state index is -0.313. The van der Waals surface area contributed by atoms with Crippen molar-refractivity contribution in [3.63, 3.8) is 0 Å². The van der Waals surface area contributed by atoms with Crippen molar-refractivity contribution in [3.05, 3.63) is 59.7 Å². The van der Waals surface area contributed by atoms with E-state index in [-0.39, 0.29) is 11.8 Å². The summed E-state index contributed by atoms with van der Waals surface area (Å²) < 4.78 is 5.20. The lowest BCUT2D eigenvalue weighted by Gasteiger charge is -2.22. The number of benzene rings is 2. The quantitative estimate of drug-likeness (QED) is 0.851. The van der Waals surface area contributed by atoms with Gasteiger partial charge >= 0.3 is 0 Å². The second kappa shape index (κ2) is 7.18. The second-order valence-electron chi connectivity index (χ2n) is 5.92. The van der Waals surface area contributed by atoms with E-state index in [1.165, 1.54) is 0 Å². The van der Waals surface area contributed by atoms with Crippen LogP contribution in [0.5, 0.6) is 5.75 Å². The number of rotatable bonds is 5. The molecule has 0 bridgehead atoms. The first-order valence-corrected chi connectivity index (χ1v) is 7.56. The first-order valence-electron chi connectivity index (χ1n) is 7.56. The number of hydrogen-bond acceptors (Lipinski definition) is 3. The van der Waals surface area contributed by atoms with Crippen LogP contribution in [0.3, 0.4) is 0 Å². The number of nitrogens with zero attached hydrogens (tertiary/aromatic N) is 2. The third kappa shape index (κ3) is 3.83. The Balaban J connectivity index is 2.42. The lowest BCUT2D eigenvalue weighted by Crippen LogP contribution is -2.29. The summed E-state index contributed by atoms with van der Waals surface area (Å²) >= 11 is 0. The van der Waals surface area contributed by atoms with Gasteiger partial charge in [-0.2, -0.15) is 0 Å². The smallest absolute Gasteiger partial charge is 0.234 e. The fourth-order valence-corrected chi connectivity index (χ4v) is 2.50. The van der Waals surface area contributed by atoms with E-state index in [0.717, 1.165) is 22.6 Å². The van der Waals surface area contributed by atoms with Crippen LogP contribution in [0.1, 0.15) is 17.0 Å². The highest BCUT2D eigenvalue weighted by Crippen LogP contribution is 2.29. The molecular weight excluding hydrogens is 288 g/mol. The summed E-state index contributed by atoms with van der Waals surface area (Å²) in [5, 5.41) is 0. The number of carbonyl (C=O) groups excluding carboxylic acids is 1. The maximum Gasteiger partial charge on any atom is 0.234 e. The molecule has 0 heterocycles. The highest BCUT2D eigenvalue weighted by atomic mass is 16.5. The molecule has 0 fully saturated rings. The van der Waals surface area contributed by atoms with Crippen LogP contribution >= 0.6 is 0 Å². The van der Waals surface area contributed by atoms with Gasteiger partial charge in [0, 0.05) is 33.9 Å². The maximum absolute atomic E-state index is 12.7. The Bertz CT molecular complexity index is 646. The molecule has 0 saturated heterocycles. The predicted octanol–water partition coefficient (Wildman–Crippen LogP) is 2.98. The number of amides is 1. The van der Waals surface area contributed by atoms with Crippen LogP contribution in [-0.4, -0.2) is 46.1 Å². The van der Waals surface area contributed by atoms with Crippen molar-refractivity contribution in [2.24, 2.45) is 0 Å². The van der Waals surface area contributed by atoms with Gasteiger partial charge in [0.1, 0.15) is 5.75 Å². The van der Waals surface area contributed by atoms with E-state index in [1.54, 1.807) is 26.1 Å². The molecule has 2 aromatic rings. The lowest BCUT2D eigenvalue weighted by atomic mass is 9.90. The summed E-state index contributed by atoms with van der Waals surface area (Å²) in [6.07, 6.45) is 0. The third-order valence-corrected chi connectivity index (χ3v) is 3.88. The molecule has 2 rings (SSSR count). The standard InChI is InChI=1S/C19H24N2O2/c1-20(2)16-10-6-14(7-11-16)18(19(22)21(3)4)15-8-12-17(23-5)13-9-15/h6-13,18H,1-5H3. The van der Waals surface area contributed by atoms with Crippen LogP contribution in [0.25, 0.3) is 0 Å². The molecule has 122 valence electrons. The van der Waals surface area contributed by atoms with Crippen LogP contribution in [0.2, 0.25) is 0 Å². The normalized spacial score (nSPS) is 11.7. The molecule has 2 aromatic carbocycles. The van der Waals surface area contributed by atoms with E-state index in [1.807, 2.05) is 67.5 Å². The Kier molecular flexibility index (Phi) is 5.27. The minimum absolute atomic E-state index is 0.0627. The fourth-order valence-electron chi connectivity index (χ4n) is 2.50. The Morgan fingerprint density at radius 2 is 1.35 bits per heavy atom. The summed E-state index contributed by atoms with van der Waals surface area (Å²) in [7, 11) is 9.21. The van der Waals surface area contributed by atoms with Crippen LogP contribution < -0.4 is 9.64 Å². The Hall–Kier alpha value is -2.49. The summed E-state index contributed by atoms with van der Waals surface area (Å²) in [5.41, 5.74) is 3.06. The molecule has 0 aliphatic heterocycles. The zero-order valence-corrected chi connectivity index (χ0v) is 14.4. The molecule has 0 N–H and O–H groups in total. The highest BCUT2D eigenvalue weighted by molar-refractivity contribution is 5.87. The van der Waals surface area contributed by atoms with Crippen LogP contribution in [0, 0.1) is 0 Å². The van der Waals surface area contributed by atoms with Gasteiger partial charge in [0.2, 0.25) is 5.91 Å². The van der Waals surface area contributed by atoms with Gasteiger partial charge in [0.15, 0.2) is 0 Å². The average molecular weight is 312 g/mol. The molecular formula is C19H24N2O2. The molecule has 1 amide bonds. The number of anilines is 1. The van der Waals surface area contributed by atoms with Crippen molar-refractivity contribution < 1.29 is 9.53 Å². The highest BCUT2D eigenvalue weighted by Gasteiger charge is 2.24. The number of carbonyl (C=O) groups is 1. The van der Waals surface area contributed by atoms with Crippen molar-refractivity contribution in [1.82, 2.24) is 4.90 Å². The molecule has 4 nitrogen and oxygen atoms in total. The second-order valence-corrected chi connectivity index (χ2v) is 5.92. The van der Waals surface area contributed by atoms with Gasteiger partial charge in [0.05, 0.1) is 13.0 Å². The van der Waals surface area contributed by atoms with Crippen molar-refractivity contribution >= 4 is 11.6 Å². The number of likely N-dealkylation sites (N-methyl/N-ethyl adjacent to an activating group) is 1. The van der Waals surface area contributed by atoms with E-state index in [9.17, 15) is 4.79 Å². The SMILES string of the molecule is COc1ccc(C(C(=O)N(C)C)c2ccc(N(C)C)cc2)cc1. The van der Waals surface area contributed by atoms with Crippen molar-refractivity contribution in [2.45, 2.75) is 5.92 Å². The monoisotopic (exact) mass is 312 g/mol. The van der Waals surface area contributed by atoms with E-state index >= 15 is 0 Å². The Labute approximate surface area is 138 Å². The lowest BCUT2D eigenvalue weighted by molar-refractivity contribution is -0.129. The fraction of sp³-hybridized carbons (Fsp3) is 0.316. The molecule has 0 saturated carbocycles. The first kappa shape index (κ1) is 16.9. The van der Waals surface area contributed by atoms with Crippen molar-refractivity contribution in [1.29, 1.82) is 0 Å². The average Bonchev–Trinajstić information content (AvgIpc) is 2.56. The zero-order valence-electron chi connectivity index (χ0n) is 14.4. The van der Waals surface area contributed by atoms with Crippen LogP contribution in [-0.2, 0) is 4.79 Å². The van der Waals surface area contributed by atoms with Gasteiger partial charge < -0.3 is 14.5 Å². The molecule has 23 heavy (non-hydrogen) atoms. The minimum Gasteiger partial charge on any atom is -0.497 e. The van der Waals surface area contributed by atoms with E-state index in [2.05, 4.69) is 0 Å². The topological polar surface area (TPSA) is 32.8 Å². The Morgan fingerprint density at radius 3 is 1.74 bits per heavy atom. The van der Waals surface area contributed by atoms with E-state index in [4.69, 9.17) is 4.74 Å². The molecule has 4 heteroatoms. The van der Waals surface area contributed by atoms with Gasteiger partial charge in [-0.1, -0.05) is 24.3 Å². The van der Waals surface area contributed by atoms with Gasteiger partial charge in [-0.05, 0) is 35.4 Å². The Morgan fingerprint density at radius 1 is 0.870 bits per heavy atom. The molecule has 0 aliphatic rings. The van der Waals surface area contributed by atoms with E-state index < -0.39 is 0 Å². The molecule has 0 aromatic heterocycles. The molecule has 0 radical (unpaired) electrons. The first-order chi connectivity index (χ1) is 10.9. The molecule has 0 aliphatic carbocycles. The van der Waals surface area contributed by atoms with Crippen molar-refractivity contribution in [3.8, 4) is 5.75 Å². The number of methoxy groups -OCH3 is 1.